The quantitative estimate of drug-likeness (QED) is 0.102. The summed E-state index contributed by atoms with van der Waals surface area (Å²) < 4.78 is 6.18. The SMILES string of the molecule is CC1=C2[C@@H](CC/C(=C/c3ccc(O)c4ccccc34)c3ccccc3)OB(O)C[C@@H]2[C@@H]2C(=O)N(c3cccc(B(O)O)c3)C(=O)[C@@H]2C1. The number of hydrogen-bond acceptors (Lipinski definition) is 7. The number of fused-ring (bicyclic) bond motifs is 4. The maximum Gasteiger partial charge on any atom is 0.488 e. The Hall–Kier alpha value is -4.47. The smallest absolute Gasteiger partial charge is 0.488 e. The normalized spacial score (nSPS) is 22.9. The van der Waals surface area contributed by atoms with Gasteiger partial charge < -0.3 is 24.8 Å². The molecule has 0 spiro atoms. The number of aromatic hydroxyl groups is 1. The number of rotatable bonds is 7. The van der Waals surface area contributed by atoms with E-state index in [2.05, 4.69) is 18.2 Å². The van der Waals surface area contributed by atoms with Crippen LogP contribution in [-0.4, -0.2) is 52.3 Å². The molecule has 2 saturated heterocycles. The molecule has 10 heteroatoms. The third kappa shape index (κ3) is 5.72. The largest absolute Gasteiger partial charge is 0.507 e. The van der Waals surface area contributed by atoms with E-state index in [0.717, 1.165) is 38.6 Å². The third-order valence-electron chi connectivity index (χ3n) is 9.96. The summed E-state index contributed by atoms with van der Waals surface area (Å²) in [6.07, 6.45) is 3.49. The molecule has 236 valence electrons. The van der Waals surface area contributed by atoms with Crippen LogP contribution >= 0.6 is 0 Å². The predicted octanol–water partition coefficient (Wildman–Crippen LogP) is 4.57. The minimum Gasteiger partial charge on any atom is -0.507 e. The van der Waals surface area contributed by atoms with Crippen molar-refractivity contribution in [1.29, 1.82) is 0 Å². The van der Waals surface area contributed by atoms with Gasteiger partial charge >= 0.3 is 14.2 Å². The lowest BCUT2D eigenvalue weighted by Gasteiger charge is -2.42. The highest BCUT2D eigenvalue weighted by Gasteiger charge is 2.57. The first-order valence-corrected chi connectivity index (χ1v) is 16.0. The molecule has 2 heterocycles. The van der Waals surface area contributed by atoms with E-state index in [1.807, 2.05) is 55.5 Å². The van der Waals surface area contributed by atoms with Crippen molar-refractivity contribution in [2.45, 2.75) is 38.6 Å². The van der Waals surface area contributed by atoms with Crippen LogP contribution in [0.1, 0.15) is 37.3 Å². The molecule has 3 aliphatic rings. The molecular formula is C37H35B2NO7. The first-order valence-electron chi connectivity index (χ1n) is 16.0. The lowest BCUT2D eigenvalue weighted by molar-refractivity contribution is -0.122. The zero-order valence-electron chi connectivity index (χ0n) is 26.0. The van der Waals surface area contributed by atoms with E-state index in [1.54, 1.807) is 18.2 Å². The Kier molecular flexibility index (Phi) is 8.36. The first kappa shape index (κ1) is 31.1. The highest BCUT2D eigenvalue weighted by molar-refractivity contribution is 6.58. The summed E-state index contributed by atoms with van der Waals surface area (Å²) in [6.45, 7) is 1.99. The van der Waals surface area contributed by atoms with E-state index in [9.17, 15) is 29.8 Å². The second-order valence-electron chi connectivity index (χ2n) is 12.8. The van der Waals surface area contributed by atoms with Crippen molar-refractivity contribution < 1.29 is 34.4 Å². The van der Waals surface area contributed by atoms with Crippen LogP contribution < -0.4 is 10.4 Å². The van der Waals surface area contributed by atoms with Crippen molar-refractivity contribution >= 4 is 59.6 Å². The Labute approximate surface area is 273 Å². The highest BCUT2D eigenvalue weighted by atomic mass is 16.5. The highest BCUT2D eigenvalue weighted by Crippen LogP contribution is 2.51. The molecule has 0 aromatic heterocycles. The number of hydrogen-bond donors (Lipinski definition) is 4. The van der Waals surface area contributed by atoms with E-state index < -0.39 is 32.2 Å². The van der Waals surface area contributed by atoms with Crippen LogP contribution in [0.15, 0.2) is 102 Å². The summed E-state index contributed by atoms with van der Waals surface area (Å²) >= 11 is 0. The summed E-state index contributed by atoms with van der Waals surface area (Å²) in [6, 6.07) is 27.6. The Bertz CT molecular complexity index is 1920. The lowest BCUT2D eigenvalue weighted by atomic mass is 9.58. The Morgan fingerprint density at radius 1 is 0.936 bits per heavy atom. The molecule has 0 unspecified atom stereocenters. The second kappa shape index (κ2) is 12.6. The maximum atomic E-state index is 14.0. The number of amides is 2. The van der Waals surface area contributed by atoms with Gasteiger partial charge in [0, 0.05) is 5.39 Å². The van der Waals surface area contributed by atoms with E-state index in [-0.39, 0.29) is 35.3 Å². The minimum absolute atomic E-state index is 0.192. The zero-order valence-corrected chi connectivity index (χ0v) is 26.0. The number of phenols is 1. The predicted molar refractivity (Wildman–Crippen MR) is 183 cm³/mol. The fourth-order valence-electron chi connectivity index (χ4n) is 7.86. The zero-order chi connectivity index (χ0) is 32.8. The van der Waals surface area contributed by atoms with E-state index in [0.29, 0.717) is 24.9 Å². The van der Waals surface area contributed by atoms with Gasteiger partial charge in [-0.25, -0.2) is 0 Å². The number of phenolic OH excluding ortho intramolecular Hbond substituents is 1. The molecule has 2 aliphatic heterocycles. The van der Waals surface area contributed by atoms with E-state index in [4.69, 9.17) is 4.65 Å². The average Bonchev–Trinajstić information content (AvgIpc) is 3.32. The third-order valence-corrected chi connectivity index (χ3v) is 9.96. The van der Waals surface area contributed by atoms with Crippen molar-refractivity contribution in [3.05, 3.63) is 113 Å². The molecule has 4 atom stereocenters. The molecular weight excluding hydrogens is 592 g/mol. The Morgan fingerprint density at radius 3 is 2.45 bits per heavy atom. The Morgan fingerprint density at radius 2 is 1.68 bits per heavy atom. The summed E-state index contributed by atoms with van der Waals surface area (Å²) in [7, 11) is -2.81. The molecule has 4 aromatic carbocycles. The van der Waals surface area contributed by atoms with Crippen LogP contribution in [0, 0.1) is 17.8 Å². The van der Waals surface area contributed by atoms with Crippen LogP contribution in [-0.2, 0) is 14.2 Å². The molecule has 4 N–H and O–H groups in total. The van der Waals surface area contributed by atoms with Gasteiger partial charge in [0.1, 0.15) is 5.75 Å². The number of nitrogens with zero attached hydrogens (tertiary/aromatic N) is 1. The van der Waals surface area contributed by atoms with Crippen molar-refractivity contribution in [3.8, 4) is 5.75 Å². The number of benzene rings is 4. The van der Waals surface area contributed by atoms with Gasteiger partial charge in [-0.15, -0.1) is 0 Å². The van der Waals surface area contributed by atoms with Crippen molar-refractivity contribution in [3.63, 3.8) is 0 Å². The number of allylic oxidation sites excluding steroid dienone is 2. The maximum absolute atomic E-state index is 14.0. The molecule has 7 rings (SSSR count). The first-order chi connectivity index (χ1) is 22.7. The van der Waals surface area contributed by atoms with Gasteiger partial charge in [-0.2, -0.15) is 0 Å². The van der Waals surface area contributed by atoms with Crippen molar-refractivity contribution in [2.24, 2.45) is 17.8 Å². The molecule has 0 saturated carbocycles. The number of carbonyl (C=O) groups excluding carboxylic acids is 2. The molecule has 0 radical (unpaired) electrons. The molecule has 2 fully saturated rings. The van der Waals surface area contributed by atoms with Gasteiger partial charge in [-0.1, -0.05) is 84.4 Å². The summed E-state index contributed by atoms with van der Waals surface area (Å²) in [5.41, 5.74) is 5.59. The monoisotopic (exact) mass is 627 g/mol. The minimum atomic E-state index is -1.73. The topological polar surface area (TPSA) is 128 Å². The molecule has 0 bridgehead atoms. The average molecular weight is 627 g/mol. The Balaban J connectivity index is 1.20. The number of imide groups is 1. The number of carbonyl (C=O) groups is 2. The van der Waals surface area contributed by atoms with Crippen LogP contribution in [0.4, 0.5) is 5.69 Å². The van der Waals surface area contributed by atoms with Crippen LogP contribution in [0.5, 0.6) is 5.75 Å². The van der Waals surface area contributed by atoms with Gasteiger partial charge in [-0.05, 0) is 89.7 Å². The molecule has 8 nitrogen and oxygen atoms in total. The van der Waals surface area contributed by atoms with E-state index >= 15 is 0 Å². The van der Waals surface area contributed by atoms with Crippen molar-refractivity contribution in [2.75, 3.05) is 4.90 Å². The van der Waals surface area contributed by atoms with Gasteiger partial charge in [-0.3, -0.25) is 14.5 Å². The fraction of sp³-hybridized carbons (Fsp3) is 0.243. The van der Waals surface area contributed by atoms with Crippen LogP contribution in [0.2, 0.25) is 6.32 Å². The van der Waals surface area contributed by atoms with Gasteiger partial charge in [0.25, 0.3) is 0 Å². The van der Waals surface area contributed by atoms with Gasteiger partial charge in [0.05, 0.1) is 23.6 Å². The summed E-state index contributed by atoms with van der Waals surface area (Å²) in [5, 5.41) is 42.5. The van der Waals surface area contributed by atoms with Crippen LogP contribution in [0.3, 0.4) is 0 Å². The molecule has 4 aromatic rings. The van der Waals surface area contributed by atoms with Gasteiger partial charge in [0.2, 0.25) is 11.8 Å². The lowest BCUT2D eigenvalue weighted by Crippen LogP contribution is -2.46. The van der Waals surface area contributed by atoms with Crippen molar-refractivity contribution in [1.82, 2.24) is 0 Å². The molecule has 2 amide bonds. The summed E-state index contributed by atoms with van der Waals surface area (Å²) in [4.78, 5) is 28.9. The standard InChI is InChI=1S/C37H35B2NO7/c1-22-18-30-35(37(43)40(36(30)42)27-11-7-10-26(20-27)39(45)46)31-21-38(44)47-33(34(22)31)17-15-24(23-8-3-2-4-9-23)19-25-14-16-32(41)29-13-6-5-12-28(25)29/h2-14,16,19-20,30-31,33,35,41,44-46H,15,17-18,21H2,1H3/b24-19-/t30-,31+,33-,35-/m1/s1. The molecule has 1 aliphatic carbocycles. The number of anilines is 1. The second-order valence-corrected chi connectivity index (χ2v) is 12.8. The van der Waals surface area contributed by atoms with E-state index in [1.165, 1.54) is 17.0 Å². The molecule has 47 heavy (non-hydrogen) atoms. The van der Waals surface area contributed by atoms with Crippen LogP contribution in [0.25, 0.3) is 22.4 Å². The fourth-order valence-corrected chi connectivity index (χ4v) is 7.86. The van der Waals surface area contributed by atoms with Gasteiger partial charge in [0.15, 0.2) is 0 Å². The summed E-state index contributed by atoms with van der Waals surface area (Å²) in [5.74, 6) is -1.98.